The van der Waals surface area contributed by atoms with Gasteiger partial charge in [0.1, 0.15) is 15.2 Å². The second-order valence-corrected chi connectivity index (χ2v) is 10.8. The first-order chi connectivity index (χ1) is 19.4. The molecule has 42 heavy (non-hydrogen) atoms. The van der Waals surface area contributed by atoms with Crippen LogP contribution in [0.15, 0.2) is 41.4 Å². The molecule has 0 spiro atoms. The molecule has 13 nitrogen and oxygen atoms in total. The van der Waals surface area contributed by atoms with E-state index in [9.17, 15) is 27.7 Å². The summed E-state index contributed by atoms with van der Waals surface area (Å²) in [6, 6.07) is 4.54. The molecule has 0 unspecified atom stereocenters. The summed E-state index contributed by atoms with van der Waals surface area (Å²) in [5.74, 6) is -0.554. The molecule has 2 aliphatic rings. The third-order valence-electron chi connectivity index (χ3n) is 6.67. The van der Waals surface area contributed by atoms with E-state index in [4.69, 9.17) is 24.7 Å². The molecule has 0 aromatic heterocycles. The van der Waals surface area contributed by atoms with Gasteiger partial charge in [-0.05, 0) is 31.7 Å². The van der Waals surface area contributed by atoms with E-state index in [0.29, 0.717) is 37.2 Å². The van der Waals surface area contributed by atoms with Gasteiger partial charge in [0.05, 0.1) is 56.0 Å². The fraction of sp³-hybridized carbons (Fsp3) is 0.370. The topological polar surface area (TPSA) is 190 Å². The number of methoxy groups -OCH3 is 2. The number of amides is 1. The molecule has 1 amide bonds. The molecule has 1 atom stereocenters. The Kier molecular flexibility index (Phi) is 10.9. The standard InChI is InChI=1S/C27H31N3O10S.Na/c1-15-9-20-25(41(34,35)36)29-19-13-24(22(38-3)11-17(19)26(31)30(20)14-15)40-8-6-4-5-7-39-23-12-18(28)16(27(32)33)10-21(23)37-2;/h10-13,20H,1,4-9,14,28H2,2-3H3,(H,32,33)(H,34,35,36);/q;+1/p-1/t20-;/m0./s1. The molecule has 4 rings (SSSR count). The van der Waals surface area contributed by atoms with E-state index in [2.05, 4.69) is 11.6 Å². The van der Waals surface area contributed by atoms with Crippen molar-refractivity contribution in [3.05, 3.63) is 47.5 Å². The van der Waals surface area contributed by atoms with Crippen molar-refractivity contribution in [2.45, 2.75) is 31.7 Å². The van der Waals surface area contributed by atoms with Crippen molar-refractivity contribution in [1.82, 2.24) is 4.90 Å². The number of benzene rings is 2. The maximum atomic E-state index is 13.2. The number of hydrogen-bond donors (Lipinski definition) is 2. The maximum Gasteiger partial charge on any atom is 1.00 e. The van der Waals surface area contributed by atoms with Gasteiger partial charge in [-0.1, -0.05) is 12.2 Å². The second-order valence-electron chi connectivity index (χ2n) is 9.48. The molecule has 1 saturated heterocycles. The zero-order valence-corrected chi connectivity index (χ0v) is 26.4. The summed E-state index contributed by atoms with van der Waals surface area (Å²) in [6.45, 7) is 4.53. The molecule has 2 aliphatic heterocycles. The van der Waals surface area contributed by atoms with Gasteiger partial charge in [-0.3, -0.25) is 4.79 Å². The molecular formula is C27H30N3NaO10S. The van der Waals surface area contributed by atoms with Gasteiger partial charge in [0.25, 0.3) is 5.91 Å². The van der Waals surface area contributed by atoms with E-state index in [1.165, 1.54) is 43.4 Å². The molecule has 2 heterocycles. The number of hydrogen-bond acceptors (Lipinski definition) is 11. The number of carboxylic acid groups (broad SMARTS) is 1. The van der Waals surface area contributed by atoms with Crippen LogP contribution in [0.1, 0.15) is 46.4 Å². The smallest absolute Gasteiger partial charge is 0.743 e. The zero-order valence-electron chi connectivity index (χ0n) is 23.5. The largest absolute Gasteiger partial charge is 1.00 e. The van der Waals surface area contributed by atoms with Crippen LogP contribution in [-0.2, 0) is 10.1 Å². The number of fused-ring (bicyclic) bond motifs is 2. The number of anilines is 1. The van der Waals surface area contributed by atoms with E-state index in [-0.39, 0.29) is 88.9 Å². The normalized spacial score (nSPS) is 16.0. The Labute approximate surface area is 265 Å². The van der Waals surface area contributed by atoms with Crippen LogP contribution in [0.5, 0.6) is 23.0 Å². The maximum absolute atomic E-state index is 13.2. The van der Waals surface area contributed by atoms with Gasteiger partial charge < -0.3 is 39.2 Å². The number of nitrogens with two attached hydrogens (primary N) is 1. The summed E-state index contributed by atoms with van der Waals surface area (Å²) in [5, 5.41) is 8.57. The van der Waals surface area contributed by atoms with Crippen LogP contribution in [0, 0.1) is 0 Å². The van der Waals surface area contributed by atoms with Crippen molar-refractivity contribution in [1.29, 1.82) is 0 Å². The molecular weight excluding hydrogens is 581 g/mol. The Morgan fingerprint density at radius 3 is 2.24 bits per heavy atom. The summed E-state index contributed by atoms with van der Waals surface area (Å²) in [5.41, 5.74) is 6.51. The molecule has 0 saturated carbocycles. The van der Waals surface area contributed by atoms with Gasteiger partial charge in [-0.2, -0.15) is 0 Å². The van der Waals surface area contributed by atoms with Gasteiger partial charge in [0, 0.05) is 24.7 Å². The van der Waals surface area contributed by atoms with Crippen molar-refractivity contribution in [3.8, 4) is 23.0 Å². The molecule has 3 N–H and O–H groups in total. The van der Waals surface area contributed by atoms with Crippen LogP contribution in [0.2, 0.25) is 0 Å². The number of unbranched alkanes of at least 4 members (excludes halogenated alkanes) is 2. The first kappa shape index (κ1) is 33.2. The van der Waals surface area contributed by atoms with E-state index in [1.54, 1.807) is 0 Å². The number of carboxylic acids is 1. The number of aromatic carboxylic acids is 1. The van der Waals surface area contributed by atoms with E-state index in [1.807, 2.05) is 0 Å². The van der Waals surface area contributed by atoms with Crippen molar-refractivity contribution < 1.29 is 76.2 Å². The molecule has 0 aliphatic carbocycles. The number of rotatable bonds is 11. The summed E-state index contributed by atoms with van der Waals surface area (Å²) in [7, 11) is -2.13. The van der Waals surface area contributed by atoms with Crippen molar-refractivity contribution >= 4 is 38.4 Å². The quantitative estimate of drug-likeness (QED) is 0.114. The number of nitrogen functional groups attached to an aromatic ring is 1. The predicted molar refractivity (Wildman–Crippen MR) is 148 cm³/mol. The first-order valence-corrected chi connectivity index (χ1v) is 14.1. The van der Waals surface area contributed by atoms with E-state index in [0.717, 1.165) is 0 Å². The first-order valence-electron chi connectivity index (χ1n) is 12.6. The Hall–Kier alpha value is -3.30. The number of aliphatic imine (C=N–C) groups is 1. The third kappa shape index (κ3) is 7.18. The Bertz CT molecular complexity index is 1530. The minimum absolute atomic E-state index is 0. The van der Waals surface area contributed by atoms with Gasteiger partial charge in [-0.25, -0.2) is 18.2 Å². The average molecular weight is 612 g/mol. The van der Waals surface area contributed by atoms with Crippen LogP contribution >= 0.6 is 0 Å². The van der Waals surface area contributed by atoms with Gasteiger partial charge in [-0.15, -0.1) is 0 Å². The zero-order chi connectivity index (χ0) is 29.9. The van der Waals surface area contributed by atoms with Crippen LogP contribution in [0.25, 0.3) is 0 Å². The van der Waals surface area contributed by atoms with E-state index < -0.39 is 33.1 Å². The fourth-order valence-corrected chi connectivity index (χ4v) is 5.42. The Balaban J connectivity index is 0.00000484. The molecule has 2 aromatic carbocycles. The van der Waals surface area contributed by atoms with Gasteiger partial charge >= 0.3 is 35.5 Å². The average Bonchev–Trinajstić information content (AvgIpc) is 3.25. The molecule has 2 aromatic rings. The minimum atomic E-state index is -4.94. The Morgan fingerprint density at radius 2 is 1.67 bits per heavy atom. The molecule has 0 radical (unpaired) electrons. The van der Waals surface area contributed by atoms with Crippen molar-refractivity contribution in [2.24, 2.45) is 4.99 Å². The number of nitrogens with zero attached hydrogens (tertiary/aromatic N) is 2. The minimum Gasteiger partial charge on any atom is -0.743 e. The van der Waals surface area contributed by atoms with Crippen molar-refractivity contribution in [2.75, 3.05) is 39.7 Å². The van der Waals surface area contributed by atoms with Crippen molar-refractivity contribution in [3.63, 3.8) is 0 Å². The number of ether oxygens (including phenoxy) is 4. The number of carbonyl (C=O) groups excluding carboxylic acids is 1. The fourth-order valence-electron chi connectivity index (χ4n) is 4.67. The van der Waals surface area contributed by atoms with Crippen LogP contribution < -0.4 is 54.2 Å². The number of carbonyl (C=O) groups is 2. The van der Waals surface area contributed by atoms with Crippen LogP contribution in [0.4, 0.5) is 11.4 Å². The van der Waals surface area contributed by atoms with Gasteiger partial charge in [0.15, 0.2) is 23.0 Å². The van der Waals surface area contributed by atoms with Gasteiger partial charge in [0.2, 0.25) is 0 Å². The Morgan fingerprint density at radius 1 is 1.07 bits per heavy atom. The van der Waals surface area contributed by atoms with E-state index >= 15 is 0 Å². The summed E-state index contributed by atoms with van der Waals surface area (Å²) in [6.07, 6.45) is 2.09. The van der Waals surface area contributed by atoms with Crippen LogP contribution in [-0.4, -0.2) is 79.9 Å². The summed E-state index contributed by atoms with van der Waals surface area (Å²) >= 11 is 0. The second kappa shape index (κ2) is 13.8. The SMILES string of the molecule is C=C1C[C@H]2C(S(=O)(=O)[O-])=Nc3cc(OCCCCCOc4cc(N)c(C(=O)O)cc4OC)c(OC)cc3C(=O)N2C1.[Na+]. The molecule has 1 fully saturated rings. The predicted octanol–water partition coefficient (Wildman–Crippen LogP) is -0.0242. The van der Waals surface area contributed by atoms with Crippen LogP contribution in [0.3, 0.4) is 0 Å². The molecule has 15 heteroatoms. The monoisotopic (exact) mass is 611 g/mol. The summed E-state index contributed by atoms with van der Waals surface area (Å²) in [4.78, 5) is 29.9. The third-order valence-corrected chi connectivity index (χ3v) is 7.54. The molecule has 220 valence electrons. The summed E-state index contributed by atoms with van der Waals surface area (Å²) < 4.78 is 58.3. The molecule has 0 bridgehead atoms.